The van der Waals surface area contributed by atoms with Gasteiger partial charge in [-0.2, -0.15) is 0 Å². The van der Waals surface area contributed by atoms with Crippen molar-refractivity contribution >= 4 is 21.6 Å². The third-order valence-electron chi connectivity index (χ3n) is 2.94. The predicted molar refractivity (Wildman–Crippen MR) is 62.8 cm³/mol. The molecule has 4 nitrogen and oxygen atoms in total. The van der Waals surface area contributed by atoms with Crippen molar-refractivity contribution in [1.29, 1.82) is 0 Å². The Balaban J connectivity index is 2.68. The zero-order valence-corrected chi connectivity index (χ0v) is 11.1. The van der Waals surface area contributed by atoms with Crippen LogP contribution in [0.1, 0.15) is 13.3 Å². The number of halogens is 1. The van der Waals surface area contributed by atoms with Crippen LogP contribution in [0, 0.1) is 0 Å². The van der Waals surface area contributed by atoms with Gasteiger partial charge in [0.05, 0.1) is 5.25 Å². The molecule has 1 aliphatic heterocycles. The fraction of sp³-hybridized carbons (Fsp3) is 1.00. The van der Waals surface area contributed by atoms with E-state index in [4.69, 9.17) is 11.6 Å². The predicted octanol–water partition coefficient (Wildman–Crippen LogP) is 0.579. The lowest BCUT2D eigenvalue weighted by atomic mass is 10.2. The van der Waals surface area contributed by atoms with Crippen molar-refractivity contribution in [1.82, 2.24) is 9.21 Å². The summed E-state index contributed by atoms with van der Waals surface area (Å²) in [6.07, 6.45) is 0.904. The van der Waals surface area contributed by atoms with Crippen LogP contribution in [-0.2, 0) is 10.0 Å². The van der Waals surface area contributed by atoms with Crippen molar-refractivity contribution in [3.8, 4) is 0 Å². The normalized spacial score (nSPS) is 26.1. The summed E-state index contributed by atoms with van der Waals surface area (Å²) in [6, 6.07) is 0.335. The number of rotatable bonds is 4. The summed E-state index contributed by atoms with van der Waals surface area (Å²) < 4.78 is 25.5. The minimum absolute atomic E-state index is 0.158. The molecule has 2 atom stereocenters. The molecular weight excluding hydrogens is 236 g/mol. The van der Waals surface area contributed by atoms with E-state index >= 15 is 0 Å². The van der Waals surface area contributed by atoms with Crippen LogP contribution in [0.2, 0.25) is 0 Å². The van der Waals surface area contributed by atoms with Gasteiger partial charge in [0.15, 0.2) is 0 Å². The Morgan fingerprint density at radius 1 is 1.53 bits per heavy atom. The Labute approximate surface area is 97.2 Å². The molecule has 2 unspecified atom stereocenters. The quantitative estimate of drug-likeness (QED) is 0.689. The van der Waals surface area contributed by atoms with Crippen molar-refractivity contribution < 1.29 is 8.42 Å². The second-order valence-corrected chi connectivity index (χ2v) is 6.93. The largest absolute Gasteiger partial charge is 0.305 e. The van der Waals surface area contributed by atoms with Gasteiger partial charge in [-0.3, -0.25) is 0 Å². The van der Waals surface area contributed by atoms with Crippen molar-refractivity contribution in [3.05, 3.63) is 0 Å². The summed E-state index contributed by atoms with van der Waals surface area (Å²) in [5.41, 5.74) is 0. The Morgan fingerprint density at radius 2 is 2.13 bits per heavy atom. The van der Waals surface area contributed by atoms with Crippen LogP contribution in [0.3, 0.4) is 0 Å². The van der Waals surface area contributed by atoms with Gasteiger partial charge in [-0.15, -0.1) is 11.6 Å². The Kier molecular flexibility index (Phi) is 4.40. The molecule has 15 heavy (non-hydrogen) atoms. The smallest absolute Gasteiger partial charge is 0.217 e. The maximum Gasteiger partial charge on any atom is 0.217 e. The summed E-state index contributed by atoms with van der Waals surface area (Å²) in [5.74, 6) is 0.158. The second-order valence-electron chi connectivity index (χ2n) is 4.27. The molecule has 1 saturated heterocycles. The minimum Gasteiger partial charge on any atom is -0.305 e. The van der Waals surface area contributed by atoms with Crippen LogP contribution in [0.15, 0.2) is 0 Å². The first-order chi connectivity index (χ1) is 6.89. The lowest BCUT2D eigenvalue weighted by molar-refractivity contribution is 0.302. The molecular formula is C9H19ClN2O2S. The van der Waals surface area contributed by atoms with E-state index in [9.17, 15) is 8.42 Å². The van der Waals surface area contributed by atoms with Gasteiger partial charge < -0.3 is 4.90 Å². The second kappa shape index (κ2) is 4.99. The van der Waals surface area contributed by atoms with Crippen molar-refractivity contribution in [2.45, 2.75) is 24.6 Å². The molecule has 0 aromatic heterocycles. The first-order valence-corrected chi connectivity index (χ1v) is 7.14. The standard InChI is InChI=1S/C9H19ClN2O2S/c1-8(6-10)15(13,14)12-5-4-9(7-12)11(2)3/h8-9H,4-7H2,1-3H3. The van der Waals surface area contributed by atoms with Crippen molar-refractivity contribution in [3.63, 3.8) is 0 Å². The highest BCUT2D eigenvalue weighted by molar-refractivity contribution is 7.89. The highest BCUT2D eigenvalue weighted by Crippen LogP contribution is 2.20. The van der Waals surface area contributed by atoms with E-state index in [1.165, 1.54) is 0 Å². The summed E-state index contributed by atoms with van der Waals surface area (Å²) in [6.45, 7) is 2.87. The lowest BCUT2D eigenvalue weighted by Crippen LogP contribution is -2.39. The zero-order valence-electron chi connectivity index (χ0n) is 9.48. The fourth-order valence-electron chi connectivity index (χ4n) is 1.70. The molecule has 1 fully saturated rings. The van der Waals surface area contributed by atoms with Gasteiger partial charge in [-0.25, -0.2) is 12.7 Å². The van der Waals surface area contributed by atoms with Crippen LogP contribution < -0.4 is 0 Å². The highest BCUT2D eigenvalue weighted by atomic mass is 35.5. The van der Waals surface area contributed by atoms with Crippen LogP contribution in [0.4, 0.5) is 0 Å². The molecule has 0 saturated carbocycles. The van der Waals surface area contributed by atoms with Gasteiger partial charge in [0.1, 0.15) is 0 Å². The van der Waals surface area contributed by atoms with E-state index in [1.807, 2.05) is 14.1 Å². The number of alkyl halides is 1. The molecule has 1 aliphatic rings. The summed E-state index contributed by atoms with van der Waals surface area (Å²) in [5, 5.41) is -0.486. The summed E-state index contributed by atoms with van der Waals surface area (Å²) in [4.78, 5) is 2.07. The Hall–Kier alpha value is 0.160. The maximum atomic E-state index is 12.0. The van der Waals surface area contributed by atoms with Gasteiger partial charge in [-0.1, -0.05) is 0 Å². The highest BCUT2D eigenvalue weighted by Gasteiger charge is 2.35. The van der Waals surface area contributed by atoms with Gasteiger partial charge in [0, 0.05) is 25.0 Å². The van der Waals surface area contributed by atoms with Gasteiger partial charge in [0.25, 0.3) is 0 Å². The molecule has 0 aromatic carbocycles. The lowest BCUT2D eigenvalue weighted by Gasteiger charge is -2.22. The molecule has 0 N–H and O–H groups in total. The van der Waals surface area contributed by atoms with Crippen LogP contribution >= 0.6 is 11.6 Å². The number of likely N-dealkylation sites (N-methyl/N-ethyl adjacent to an activating group) is 1. The molecule has 0 spiro atoms. The molecule has 1 heterocycles. The number of sulfonamides is 1. The molecule has 90 valence electrons. The Bertz CT molecular complexity index is 305. The zero-order chi connectivity index (χ0) is 11.6. The third kappa shape index (κ3) is 2.84. The molecule has 6 heteroatoms. The molecule has 0 aliphatic carbocycles. The average molecular weight is 255 g/mol. The summed E-state index contributed by atoms with van der Waals surface area (Å²) >= 11 is 5.60. The van der Waals surface area contributed by atoms with Gasteiger partial charge in [-0.05, 0) is 27.4 Å². The van der Waals surface area contributed by atoms with Crippen molar-refractivity contribution in [2.75, 3.05) is 33.1 Å². The van der Waals surface area contributed by atoms with Crippen LogP contribution in [0.5, 0.6) is 0 Å². The molecule has 0 aromatic rings. The first-order valence-electron chi connectivity index (χ1n) is 5.11. The van der Waals surface area contributed by atoms with E-state index < -0.39 is 15.3 Å². The third-order valence-corrected chi connectivity index (χ3v) is 5.82. The van der Waals surface area contributed by atoms with Gasteiger partial charge in [0.2, 0.25) is 10.0 Å². The van der Waals surface area contributed by atoms with Crippen LogP contribution in [0.25, 0.3) is 0 Å². The molecule has 1 rings (SSSR count). The number of hydrogen-bond acceptors (Lipinski definition) is 3. The number of hydrogen-bond donors (Lipinski definition) is 0. The Morgan fingerprint density at radius 3 is 2.53 bits per heavy atom. The summed E-state index contributed by atoms with van der Waals surface area (Å²) in [7, 11) is 0.775. The van der Waals surface area contributed by atoms with Crippen LogP contribution in [-0.4, -0.2) is 62.0 Å². The molecule has 0 radical (unpaired) electrons. The van der Waals surface area contributed by atoms with E-state index in [1.54, 1.807) is 11.2 Å². The molecule has 0 amide bonds. The minimum atomic E-state index is -3.18. The van der Waals surface area contributed by atoms with E-state index in [2.05, 4.69) is 4.90 Å². The number of nitrogens with zero attached hydrogens (tertiary/aromatic N) is 2. The molecule has 0 bridgehead atoms. The van der Waals surface area contributed by atoms with E-state index in [-0.39, 0.29) is 5.88 Å². The van der Waals surface area contributed by atoms with E-state index in [0.29, 0.717) is 19.1 Å². The van der Waals surface area contributed by atoms with Gasteiger partial charge >= 0.3 is 0 Å². The fourth-order valence-corrected chi connectivity index (χ4v) is 3.58. The maximum absolute atomic E-state index is 12.0. The first kappa shape index (κ1) is 13.2. The SMILES string of the molecule is CC(CCl)S(=O)(=O)N1CCC(N(C)C)C1. The van der Waals surface area contributed by atoms with E-state index in [0.717, 1.165) is 6.42 Å². The monoisotopic (exact) mass is 254 g/mol. The topological polar surface area (TPSA) is 40.6 Å². The van der Waals surface area contributed by atoms with Crippen molar-refractivity contribution in [2.24, 2.45) is 0 Å². The average Bonchev–Trinajstić information content (AvgIpc) is 2.65.